The van der Waals surface area contributed by atoms with Gasteiger partial charge in [-0.1, -0.05) is 0 Å². The van der Waals surface area contributed by atoms with Gasteiger partial charge < -0.3 is 19.7 Å². The van der Waals surface area contributed by atoms with Gasteiger partial charge in [0.1, 0.15) is 6.04 Å². The van der Waals surface area contributed by atoms with Crippen LogP contribution in [0.3, 0.4) is 0 Å². The van der Waals surface area contributed by atoms with E-state index in [0.29, 0.717) is 26.1 Å². The van der Waals surface area contributed by atoms with Crippen LogP contribution < -0.4 is 5.32 Å². The number of methoxy groups -OCH3 is 2. The molecular formula is C12H23ClN2O4. The minimum atomic E-state index is -0.416. The van der Waals surface area contributed by atoms with Gasteiger partial charge in [-0.2, -0.15) is 0 Å². The van der Waals surface area contributed by atoms with E-state index in [0.717, 1.165) is 12.8 Å². The van der Waals surface area contributed by atoms with Crippen LogP contribution in [-0.4, -0.2) is 63.3 Å². The van der Waals surface area contributed by atoms with Gasteiger partial charge in [0, 0.05) is 20.2 Å². The summed E-state index contributed by atoms with van der Waals surface area (Å²) in [7, 11) is 2.97. The molecule has 1 aliphatic heterocycles. The first-order chi connectivity index (χ1) is 8.70. The van der Waals surface area contributed by atoms with Crippen LogP contribution in [0.4, 0.5) is 0 Å². The zero-order chi connectivity index (χ0) is 13.4. The fourth-order valence-corrected chi connectivity index (χ4v) is 2.08. The molecule has 0 radical (unpaired) electrons. The Labute approximate surface area is 120 Å². The molecule has 6 nitrogen and oxygen atoms in total. The van der Waals surface area contributed by atoms with E-state index in [1.54, 1.807) is 12.0 Å². The van der Waals surface area contributed by atoms with Crippen molar-refractivity contribution >= 4 is 24.3 Å². The third kappa shape index (κ3) is 5.76. The molecule has 1 saturated heterocycles. The van der Waals surface area contributed by atoms with E-state index in [-0.39, 0.29) is 30.8 Å². The van der Waals surface area contributed by atoms with Crippen molar-refractivity contribution in [3.8, 4) is 0 Å². The first kappa shape index (κ1) is 18.1. The van der Waals surface area contributed by atoms with E-state index in [2.05, 4.69) is 5.32 Å². The van der Waals surface area contributed by atoms with Crippen molar-refractivity contribution < 1.29 is 19.1 Å². The summed E-state index contributed by atoms with van der Waals surface area (Å²) in [5, 5.41) is 2.99. The summed E-state index contributed by atoms with van der Waals surface area (Å²) in [5.41, 5.74) is 0. The quantitative estimate of drug-likeness (QED) is 0.560. The Morgan fingerprint density at radius 1 is 1.32 bits per heavy atom. The second-order valence-corrected chi connectivity index (χ2v) is 4.29. The fourth-order valence-electron chi connectivity index (χ4n) is 2.08. The number of hydrogen-bond donors (Lipinski definition) is 1. The molecule has 1 fully saturated rings. The molecule has 1 amide bonds. The molecule has 1 aliphatic rings. The van der Waals surface area contributed by atoms with E-state index in [1.807, 2.05) is 0 Å². The molecule has 0 aromatic heterocycles. The number of likely N-dealkylation sites (tertiary alicyclic amines) is 1. The summed E-state index contributed by atoms with van der Waals surface area (Å²) >= 11 is 0. The standard InChI is InChI=1S/C12H22N2O4.ClH/c1-17-8-6-13-9-11(15)14-7-4-3-5-10(14)12(16)18-2;/h10,13H,3-9H2,1-2H3;1H. The van der Waals surface area contributed by atoms with Gasteiger partial charge >= 0.3 is 5.97 Å². The van der Waals surface area contributed by atoms with Crippen molar-refractivity contribution in [2.24, 2.45) is 0 Å². The van der Waals surface area contributed by atoms with Gasteiger partial charge in [0.25, 0.3) is 0 Å². The van der Waals surface area contributed by atoms with Gasteiger partial charge in [0.2, 0.25) is 5.91 Å². The Morgan fingerprint density at radius 3 is 2.68 bits per heavy atom. The van der Waals surface area contributed by atoms with Crippen LogP contribution in [0.5, 0.6) is 0 Å². The van der Waals surface area contributed by atoms with E-state index in [4.69, 9.17) is 9.47 Å². The molecule has 1 heterocycles. The van der Waals surface area contributed by atoms with Crippen molar-refractivity contribution in [2.75, 3.05) is 40.5 Å². The van der Waals surface area contributed by atoms with Gasteiger partial charge in [0.05, 0.1) is 20.3 Å². The van der Waals surface area contributed by atoms with Gasteiger partial charge in [-0.05, 0) is 19.3 Å². The number of nitrogens with one attached hydrogen (secondary N) is 1. The topological polar surface area (TPSA) is 67.9 Å². The van der Waals surface area contributed by atoms with Gasteiger partial charge in [0.15, 0.2) is 0 Å². The molecule has 1 atom stereocenters. The highest BCUT2D eigenvalue weighted by Crippen LogP contribution is 2.17. The first-order valence-electron chi connectivity index (χ1n) is 6.27. The molecule has 0 spiro atoms. The molecule has 0 aromatic rings. The number of halogens is 1. The summed E-state index contributed by atoms with van der Waals surface area (Å²) < 4.78 is 9.62. The Morgan fingerprint density at radius 2 is 2.05 bits per heavy atom. The lowest BCUT2D eigenvalue weighted by Gasteiger charge is -2.33. The summed E-state index contributed by atoms with van der Waals surface area (Å²) in [6.07, 6.45) is 2.59. The van der Waals surface area contributed by atoms with Crippen LogP contribution in [0.1, 0.15) is 19.3 Å². The fraction of sp³-hybridized carbons (Fsp3) is 0.833. The van der Waals surface area contributed by atoms with Crippen LogP contribution >= 0.6 is 12.4 Å². The average molecular weight is 295 g/mol. The number of ether oxygens (including phenoxy) is 2. The minimum absolute atomic E-state index is 0. The third-order valence-corrected chi connectivity index (χ3v) is 3.06. The van der Waals surface area contributed by atoms with E-state index in [9.17, 15) is 9.59 Å². The minimum Gasteiger partial charge on any atom is -0.467 e. The molecule has 0 aromatic carbocycles. The average Bonchev–Trinajstić information content (AvgIpc) is 2.42. The van der Waals surface area contributed by atoms with Crippen molar-refractivity contribution in [1.29, 1.82) is 0 Å². The lowest BCUT2D eigenvalue weighted by atomic mass is 10.0. The number of carbonyl (C=O) groups is 2. The monoisotopic (exact) mass is 294 g/mol. The van der Waals surface area contributed by atoms with E-state index < -0.39 is 6.04 Å². The second-order valence-electron chi connectivity index (χ2n) is 4.29. The first-order valence-corrected chi connectivity index (χ1v) is 6.27. The van der Waals surface area contributed by atoms with Crippen molar-refractivity contribution in [3.63, 3.8) is 0 Å². The summed E-state index contributed by atoms with van der Waals surface area (Å²) in [6, 6.07) is -0.416. The van der Waals surface area contributed by atoms with Crippen LogP contribution in [0.15, 0.2) is 0 Å². The molecule has 1 unspecified atom stereocenters. The predicted octanol–water partition coefficient (Wildman–Crippen LogP) is 0.198. The smallest absolute Gasteiger partial charge is 0.328 e. The Bertz CT molecular complexity index is 289. The maximum Gasteiger partial charge on any atom is 0.328 e. The van der Waals surface area contributed by atoms with Crippen LogP contribution in [0.25, 0.3) is 0 Å². The molecule has 0 aliphatic carbocycles. The highest BCUT2D eigenvalue weighted by molar-refractivity contribution is 5.86. The molecular weight excluding hydrogens is 272 g/mol. The SMILES string of the molecule is COCCNCC(=O)N1CCCCC1C(=O)OC.Cl. The van der Waals surface area contributed by atoms with Gasteiger partial charge in [-0.15, -0.1) is 12.4 Å². The molecule has 1 rings (SSSR count). The largest absolute Gasteiger partial charge is 0.467 e. The van der Waals surface area contributed by atoms with E-state index >= 15 is 0 Å². The summed E-state index contributed by atoms with van der Waals surface area (Å²) in [6.45, 7) is 2.05. The number of piperidine rings is 1. The molecule has 19 heavy (non-hydrogen) atoms. The zero-order valence-electron chi connectivity index (χ0n) is 11.5. The predicted molar refractivity (Wildman–Crippen MR) is 73.4 cm³/mol. The number of esters is 1. The molecule has 112 valence electrons. The number of nitrogens with zero attached hydrogens (tertiary/aromatic N) is 1. The van der Waals surface area contributed by atoms with Crippen molar-refractivity contribution in [1.82, 2.24) is 10.2 Å². The van der Waals surface area contributed by atoms with Crippen LogP contribution in [0.2, 0.25) is 0 Å². The Kier molecular flexibility index (Phi) is 9.55. The molecule has 7 heteroatoms. The van der Waals surface area contributed by atoms with Crippen LogP contribution in [0, 0.1) is 0 Å². The zero-order valence-corrected chi connectivity index (χ0v) is 12.3. The molecule has 0 bridgehead atoms. The highest BCUT2D eigenvalue weighted by Gasteiger charge is 2.32. The lowest BCUT2D eigenvalue weighted by Crippen LogP contribution is -2.51. The second kappa shape index (κ2) is 10.00. The maximum atomic E-state index is 12.0. The molecule has 1 N–H and O–H groups in total. The van der Waals surface area contributed by atoms with Crippen molar-refractivity contribution in [3.05, 3.63) is 0 Å². The Balaban J connectivity index is 0.00000324. The van der Waals surface area contributed by atoms with E-state index in [1.165, 1.54) is 7.11 Å². The third-order valence-electron chi connectivity index (χ3n) is 3.06. The van der Waals surface area contributed by atoms with Crippen molar-refractivity contribution in [2.45, 2.75) is 25.3 Å². The summed E-state index contributed by atoms with van der Waals surface area (Å²) in [4.78, 5) is 25.2. The van der Waals surface area contributed by atoms with Gasteiger partial charge in [-0.3, -0.25) is 4.79 Å². The molecule has 0 saturated carbocycles. The number of amides is 1. The van der Waals surface area contributed by atoms with Gasteiger partial charge in [-0.25, -0.2) is 4.79 Å². The Hall–Kier alpha value is -0.850. The maximum absolute atomic E-state index is 12.0. The summed E-state index contributed by atoms with van der Waals surface area (Å²) in [5.74, 6) is -0.374. The van der Waals surface area contributed by atoms with Crippen LogP contribution in [-0.2, 0) is 19.1 Å². The highest BCUT2D eigenvalue weighted by atomic mass is 35.5. The number of rotatable bonds is 6. The number of carbonyl (C=O) groups excluding carboxylic acids is 2. The number of hydrogen-bond acceptors (Lipinski definition) is 5. The normalized spacial score (nSPS) is 18.6. The lowest BCUT2D eigenvalue weighted by molar-refractivity contribution is -0.154.